The zero-order valence-corrected chi connectivity index (χ0v) is 12.2. The van der Waals surface area contributed by atoms with Gasteiger partial charge in [-0.3, -0.25) is 4.79 Å². The van der Waals surface area contributed by atoms with Crippen LogP contribution in [0.4, 0.5) is 4.39 Å². The average Bonchev–Trinajstić information content (AvgIpc) is 2.76. The largest absolute Gasteiger partial charge is 0.457 e. The minimum atomic E-state index is -0.341. The van der Waals surface area contributed by atoms with Gasteiger partial charge in [-0.1, -0.05) is 15.9 Å². The van der Waals surface area contributed by atoms with Gasteiger partial charge in [0.1, 0.15) is 5.82 Å². The van der Waals surface area contributed by atoms with Crippen molar-refractivity contribution in [3.05, 3.63) is 56.6 Å². The molecule has 1 heterocycles. The van der Waals surface area contributed by atoms with Crippen LogP contribution in [0.15, 0.2) is 44.1 Å². The Bertz CT molecular complexity index is 583. The second-order valence-electron chi connectivity index (χ2n) is 3.53. The standard InChI is InChI=1S/C12H8Br2FNO2/c13-10-2-1-8(15)5-7(10)6-16-12(17)9-3-4-18-11(9)14/h1-5H,6H2,(H,16,17). The first-order chi connectivity index (χ1) is 8.58. The quantitative estimate of drug-likeness (QED) is 0.883. The van der Waals surface area contributed by atoms with Gasteiger partial charge in [-0.25, -0.2) is 4.39 Å². The Hall–Kier alpha value is -1.14. The molecule has 1 N–H and O–H groups in total. The zero-order chi connectivity index (χ0) is 13.1. The predicted octanol–water partition coefficient (Wildman–Crippen LogP) is 3.87. The normalized spacial score (nSPS) is 10.4. The monoisotopic (exact) mass is 375 g/mol. The van der Waals surface area contributed by atoms with Crippen molar-refractivity contribution >= 4 is 37.8 Å². The third-order valence-corrected chi connectivity index (χ3v) is 3.70. The van der Waals surface area contributed by atoms with Crippen LogP contribution in [0.5, 0.6) is 0 Å². The lowest BCUT2D eigenvalue weighted by Crippen LogP contribution is -2.22. The molecule has 0 radical (unpaired) electrons. The Kier molecular flexibility index (Phi) is 4.19. The fourth-order valence-electron chi connectivity index (χ4n) is 1.41. The Balaban J connectivity index is 2.06. The zero-order valence-electron chi connectivity index (χ0n) is 9.04. The molecule has 0 atom stereocenters. The van der Waals surface area contributed by atoms with Gasteiger partial charge in [0.25, 0.3) is 5.91 Å². The first-order valence-electron chi connectivity index (χ1n) is 5.03. The fraction of sp³-hybridized carbons (Fsp3) is 0.0833. The summed E-state index contributed by atoms with van der Waals surface area (Å²) in [6, 6.07) is 5.88. The van der Waals surface area contributed by atoms with Crippen LogP contribution in [0.3, 0.4) is 0 Å². The third-order valence-electron chi connectivity index (χ3n) is 2.31. The van der Waals surface area contributed by atoms with E-state index in [-0.39, 0.29) is 18.3 Å². The number of halogens is 3. The molecule has 0 aliphatic carbocycles. The maximum Gasteiger partial charge on any atom is 0.256 e. The Morgan fingerprint density at radius 2 is 2.11 bits per heavy atom. The van der Waals surface area contributed by atoms with Crippen molar-refractivity contribution < 1.29 is 13.6 Å². The number of carbonyl (C=O) groups excluding carboxylic acids is 1. The van der Waals surface area contributed by atoms with E-state index >= 15 is 0 Å². The lowest BCUT2D eigenvalue weighted by Gasteiger charge is -2.06. The number of carbonyl (C=O) groups is 1. The predicted molar refractivity (Wildman–Crippen MR) is 71.7 cm³/mol. The molecule has 1 aromatic heterocycles. The molecule has 94 valence electrons. The molecule has 1 amide bonds. The van der Waals surface area contributed by atoms with Gasteiger partial charge in [0, 0.05) is 11.0 Å². The molecule has 0 bridgehead atoms. The van der Waals surface area contributed by atoms with Crippen LogP contribution in [0, 0.1) is 5.82 Å². The third kappa shape index (κ3) is 3.00. The molecule has 2 rings (SSSR count). The van der Waals surface area contributed by atoms with Crippen molar-refractivity contribution in [1.82, 2.24) is 5.32 Å². The first kappa shape index (κ1) is 13.3. The molecular weight excluding hydrogens is 369 g/mol. The highest BCUT2D eigenvalue weighted by molar-refractivity contribution is 9.10. The van der Waals surface area contributed by atoms with E-state index in [4.69, 9.17) is 4.42 Å². The Morgan fingerprint density at radius 1 is 1.33 bits per heavy atom. The molecule has 0 unspecified atom stereocenters. The van der Waals surface area contributed by atoms with E-state index in [2.05, 4.69) is 37.2 Å². The molecule has 0 saturated carbocycles. The van der Waals surface area contributed by atoms with E-state index in [1.54, 1.807) is 12.1 Å². The SMILES string of the molecule is O=C(NCc1cc(F)ccc1Br)c1ccoc1Br. The second kappa shape index (κ2) is 5.67. The minimum absolute atomic E-state index is 0.231. The van der Waals surface area contributed by atoms with E-state index in [0.717, 1.165) is 4.47 Å². The van der Waals surface area contributed by atoms with Crippen LogP contribution in [-0.4, -0.2) is 5.91 Å². The summed E-state index contributed by atoms with van der Waals surface area (Å²) >= 11 is 6.42. The number of rotatable bonds is 3. The van der Waals surface area contributed by atoms with Gasteiger partial charge in [-0.05, 0) is 45.8 Å². The molecule has 0 aliphatic rings. The van der Waals surface area contributed by atoms with Gasteiger partial charge in [0.2, 0.25) is 0 Å². The summed E-state index contributed by atoms with van der Waals surface area (Å²) in [5, 5.41) is 2.68. The summed E-state index contributed by atoms with van der Waals surface area (Å²) in [5.41, 5.74) is 1.07. The van der Waals surface area contributed by atoms with E-state index in [9.17, 15) is 9.18 Å². The first-order valence-corrected chi connectivity index (χ1v) is 6.61. The van der Waals surface area contributed by atoms with Crippen molar-refractivity contribution in [2.24, 2.45) is 0 Å². The summed E-state index contributed by atoms with van der Waals surface area (Å²) in [7, 11) is 0. The molecule has 0 aliphatic heterocycles. The average molecular weight is 377 g/mol. The summed E-state index contributed by atoms with van der Waals surface area (Å²) in [5.74, 6) is -0.626. The number of hydrogen-bond donors (Lipinski definition) is 1. The van der Waals surface area contributed by atoms with Crippen LogP contribution in [0.1, 0.15) is 15.9 Å². The molecule has 6 heteroatoms. The lowest BCUT2D eigenvalue weighted by molar-refractivity contribution is 0.0949. The van der Waals surface area contributed by atoms with Gasteiger partial charge < -0.3 is 9.73 Å². The van der Waals surface area contributed by atoms with Gasteiger partial charge >= 0.3 is 0 Å². The highest BCUT2D eigenvalue weighted by Gasteiger charge is 2.12. The lowest BCUT2D eigenvalue weighted by atomic mass is 10.2. The molecule has 0 fully saturated rings. The number of amides is 1. The van der Waals surface area contributed by atoms with E-state index in [0.29, 0.717) is 15.8 Å². The molecule has 0 saturated heterocycles. The number of hydrogen-bond acceptors (Lipinski definition) is 2. The van der Waals surface area contributed by atoms with Crippen LogP contribution in [0.2, 0.25) is 0 Å². The summed E-state index contributed by atoms with van der Waals surface area (Å²) < 4.78 is 19.1. The van der Waals surface area contributed by atoms with E-state index in [1.807, 2.05) is 0 Å². The Labute approximate surface area is 120 Å². The molecule has 2 aromatic rings. The molecule has 18 heavy (non-hydrogen) atoms. The molecule has 3 nitrogen and oxygen atoms in total. The van der Waals surface area contributed by atoms with Gasteiger partial charge in [-0.15, -0.1) is 0 Å². The van der Waals surface area contributed by atoms with Crippen molar-refractivity contribution in [2.45, 2.75) is 6.54 Å². The van der Waals surface area contributed by atoms with Gasteiger partial charge in [0.15, 0.2) is 4.67 Å². The molecular formula is C12H8Br2FNO2. The maximum absolute atomic E-state index is 13.1. The summed E-state index contributed by atoms with van der Waals surface area (Å²) in [6.45, 7) is 0.231. The topological polar surface area (TPSA) is 42.2 Å². The fourth-order valence-corrected chi connectivity index (χ4v) is 2.21. The van der Waals surface area contributed by atoms with Crippen LogP contribution in [-0.2, 0) is 6.54 Å². The van der Waals surface area contributed by atoms with Crippen LogP contribution >= 0.6 is 31.9 Å². The molecule has 1 aromatic carbocycles. The maximum atomic E-state index is 13.1. The van der Waals surface area contributed by atoms with E-state index < -0.39 is 0 Å². The number of benzene rings is 1. The van der Waals surface area contributed by atoms with Crippen molar-refractivity contribution in [3.63, 3.8) is 0 Å². The smallest absolute Gasteiger partial charge is 0.256 e. The van der Waals surface area contributed by atoms with E-state index in [1.165, 1.54) is 18.4 Å². The Morgan fingerprint density at radius 3 is 2.78 bits per heavy atom. The van der Waals surface area contributed by atoms with Crippen LogP contribution < -0.4 is 5.32 Å². The van der Waals surface area contributed by atoms with Crippen molar-refractivity contribution in [3.8, 4) is 0 Å². The number of furan rings is 1. The summed E-state index contributed by atoms with van der Waals surface area (Å²) in [4.78, 5) is 11.8. The minimum Gasteiger partial charge on any atom is -0.457 e. The van der Waals surface area contributed by atoms with Crippen molar-refractivity contribution in [2.75, 3.05) is 0 Å². The number of nitrogens with one attached hydrogen (secondary N) is 1. The van der Waals surface area contributed by atoms with Crippen LogP contribution in [0.25, 0.3) is 0 Å². The second-order valence-corrected chi connectivity index (χ2v) is 5.10. The van der Waals surface area contributed by atoms with Gasteiger partial charge in [-0.2, -0.15) is 0 Å². The highest BCUT2D eigenvalue weighted by Crippen LogP contribution is 2.19. The molecule has 0 spiro atoms. The van der Waals surface area contributed by atoms with Crippen molar-refractivity contribution in [1.29, 1.82) is 0 Å². The van der Waals surface area contributed by atoms with Gasteiger partial charge in [0.05, 0.1) is 11.8 Å². The highest BCUT2D eigenvalue weighted by atomic mass is 79.9. The summed E-state index contributed by atoms with van der Waals surface area (Å²) in [6.07, 6.45) is 1.41.